The molecule has 1 aliphatic rings. The van der Waals surface area contributed by atoms with Crippen LogP contribution < -0.4 is 4.74 Å². The highest BCUT2D eigenvalue weighted by atomic mass is 16.6. The molecular weight excluding hydrogens is 282 g/mol. The predicted molar refractivity (Wildman–Crippen MR) is 82.9 cm³/mol. The van der Waals surface area contributed by atoms with E-state index in [0.29, 0.717) is 19.4 Å². The first-order chi connectivity index (χ1) is 10.3. The Hall–Kier alpha value is -2.04. The molecule has 1 atom stereocenters. The van der Waals surface area contributed by atoms with Gasteiger partial charge >= 0.3 is 6.09 Å². The topological polar surface area (TPSA) is 55.8 Å². The second kappa shape index (κ2) is 6.38. The summed E-state index contributed by atoms with van der Waals surface area (Å²) in [6.45, 7) is 5.90. The minimum Gasteiger partial charge on any atom is -0.497 e. The summed E-state index contributed by atoms with van der Waals surface area (Å²) in [4.78, 5) is 25.9. The molecule has 22 heavy (non-hydrogen) atoms. The maximum absolute atomic E-state index is 12.4. The van der Waals surface area contributed by atoms with Crippen LogP contribution in [-0.2, 0) is 9.53 Å². The number of carbonyl (C=O) groups excluding carboxylic acids is 2. The molecule has 5 heteroatoms. The summed E-state index contributed by atoms with van der Waals surface area (Å²) in [7, 11) is 1.60. The Morgan fingerprint density at radius 2 is 1.86 bits per heavy atom. The second-order valence-electron chi connectivity index (χ2n) is 6.46. The van der Waals surface area contributed by atoms with Gasteiger partial charge in [0.2, 0.25) is 0 Å². The van der Waals surface area contributed by atoms with E-state index in [1.54, 1.807) is 12.0 Å². The Labute approximate surface area is 131 Å². The molecule has 120 valence electrons. The van der Waals surface area contributed by atoms with E-state index >= 15 is 0 Å². The van der Waals surface area contributed by atoms with Gasteiger partial charge in [0.25, 0.3) is 0 Å². The molecule has 0 aromatic heterocycles. The smallest absolute Gasteiger partial charge is 0.410 e. The molecule has 2 rings (SSSR count). The number of ether oxygens (including phenoxy) is 2. The Bertz CT molecular complexity index is 545. The van der Waals surface area contributed by atoms with E-state index in [-0.39, 0.29) is 17.9 Å². The molecule has 0 saturated carbocycles. The Morgan fingerprint density at radius 1 is 1.23 bits per heavy atom. The molecule has 1 fully saturated rings. The van der Waals surface area contributed by atoms with Crippen LogP contribution in [0, 0.1) is 0 Å². The van der Waals surface area contributed by atoms with Crippen molar-refractivity contribution in [2.45, 2.75) is 45.3 Å². The minimum atomic E-state index is -0.553. The largest absolute Gasteiger partial charge is 0.497 e. The number of methoxy groups -OCH3 is 1. The highest BCUT2D eigenvalue weighted by Gasteiger charge is 2.34. The number of hydrogen-bond donors (Lipinski definition) is 0. The van der Waals surface area contributed by atoms with Gasteiger partial charge in [-0.2, -0.15) is 0 Å². The lowest BCUT2D eigenvalue weighted by Gasteiger charge is -2.36. The summed E-state index contributed by atoms with van der Waals surface area (Å²) in [6.07, 6.45) is 0.332. The first-order valence-electron chi connectivity index (χ1n) is 7.45. The van der Waals surface area contributed by atoms with Crippen LogP contribution in [0.3, 0.4) is 0 Å². The third-order valence-corrected chi connectivity index (χ3v) is 3.56. The number of piperidine rings is 1. The summed E-state index contributed by atoms with van der Waals surface area (Å²) in [6, 6.07) is 7.17. The van der Waals surface area contributed by atoms with E-state index < -0.39 is 5.60 Å². The Morgan fingerprint density at radius 3 is 2.41 bits per heavy atom. The third-order valence-electron chi connectivity index (χ3n) is 3.56. The molecule has 0 aliphatic carbocycles. The molecule has 0 bridgehead atoms. The fourth-order valence-corrected chi connectivity index (χ4v) is 2.49. The molecule has 1 aromatic carbocycles. The lowest BCUT2D eigenvalue weighted by Crippen LogP contribution is -2.43. The van der Waals surface area contributed by atoms with Crippen molar-refractivity contribution in [3.63, 3.8) is 0 Å². The van der Waals surface area contributed by atoms with Crippen molar-refractivity contribution in [1.82, 2.24) is 4.90 Å². The number of likely N-dealkylation sites (tertiary alicyclic amines) is 1. The first-order valence-corrected chi connectivity index (χ1v) is 7.45. The van der Waals surface area contributed by atoms with Crippen molar-refractivity contribution in [3.8, 4) is 5.75 Å². The van der Waals surface area contributed by atoms with Gasteiger partial charge in [-0.05, 0) is 38.5 Å². The molecule has 1 aromatic rings. The van der Waals surface area contributed by atoms with Crippen LogP contribution in [0.25, 0.3) is 0 Å². The van der Waals surface area contributed by atoms with Crippen molar-refractivity contribution in [1.29, 1.82) is 0 Å². The number of Topliss-reactive ketones (excluding diaryl/α,β-unsaturated/α-hetero) is 1. The number of rotatable bonds is 2. The highest BCUT2D eigenvalue weighted by Crippen LogP contribution is 2.31. The summed E-state index contributed by atoms with van der Waals surface area (Å²) >= 11 is 0. The zero-order valence-electron chi connectivity index (χ0n) is 13.6. The van der Waals surface area contributed by atoms with Gasteiger partial charge in [0.1, 0.15) is 17.1 Å². The van der Waals surface area contributed by atoms with Gasteiger partial charge in [0.05, 0.1) is 13.2 Å². The van der Waals surface area contributed by atoms with Crippen LogP contribution in [0.15, 0.2) is 24.3 Å². The van der Waals surface area contributed by atoms with Gasteiger partial charge in [0, 0.05) is 19.4 Å². The average molecular weight is 305 g/mol. The molecule has 1 amide bonds. The standard InChI is InChI=1S/C17H23NO4/c1-17(2,3)22-16(20)18-10-9-13(19)11-15(18)12-5-7-14(21-4)8-6-12/h5-8,15H,9-11H2,1-4H3. The number of hydrogen-bond acceptors (Lipinski definition) is 4. The molecule has 1 aliphatic heterocycles. The van der Waals surface area contributed by atoms with Crippen molar-refractivity contribution in [2.24, 2.45) is 0 Å². The average Bonchev–Trinajstić information content (AvgIpc) is 2.45. The third kappa shape index (κ3) is 4.00. The van der Waals surface area contributed by atoms with E-state index in [4.69, 9.17) is 9.47 Å². The summed E-state index contributed by atoms with van der Waals surface area (Å²) in [5.74, 6) is 0.912. The summed E-state index contributed by atoms with van der Waals surface area (Å²) < 4.78 is 10.6. The van der Waals surface area contributed by atoms with E-state index in [1.165, 1.54) is 0 Å². The van der Waals surface area contributed by atoms with Crippen molar-refractivity contribution >= 4 is 11.9 Å². The van der Waals surface area contributed by atoms with Crippen LogP contribution in [-0.4, -0.2) is 36.0 Å². The summed E-state index contributed by atoms with van der Waals surface area (Å²) in [5.41, 5.74) is 0.364. The quantitative estimate of drug-likeness (QED) is 0.841. The predicted octanol–water partition coefficient (Wildman–Crippen LogP) is 3.34. The van der Waals surface area contributed by atoms with Crippen LogP contribution in [0.5, 0.6) is 5.75 Å². The van der Waals surface area contributed by atoms with E-state index in [9.17, 15) is 9.59 Å². The van der Waals surface area contributed by atoms with Gasteiger partial charge in [-0.3, -0.25) is 4.79 Å². The fourth-order valence-electron chi connectivity index (χ4n) is 2.49. The molecular formula is C17H23NO4. The van der Waals surface area contributed by atoms with Gasteiger partial charge in [0.15, 0.2) is 0 Å². The van der Waals surface area contributed by atoms with Gasteiger partial charge in [-0.1, -0.05) is 12.1 Å². The first kappa shape index (κ1) is 16.3. The van der Waals surface area contributed by atoms with Crippen molar-refractivity contribution in [2.75, 3.05) is 13.7 Å². The minimum absolute atomic E-state index is 0.167. The zero-order valence-corrected chi connectivity index (χ0v) is 13.6. The van der Waals surface area contributed by atoms with E-state index in [1.807, 2.05) is 45.0 Å². The van der Waals surface area contributed by atoms with Gasteiger partial charge in [-0.15, -0.1) is 0 Å². The van der Waals surface area contributed by atoms with Crippen LogP contribution in [0.1, 0.15) is 45.2 Å². The number of amides is 1. The molecule has 1 heterocycles. The molecule has 0 spiro atoms. The fraction of sp³-hybridized carbons (Fsp3) is 0.529. The van der Waals surface area contributed by atoms with Crippen LogP contribution >= 0.6 is 0 Å². The second-order valence-corrected chi connectivity index (χ2v) is 6.46. The van der Waals surface area contributed by atoms with E-state index in [2.05, 4.69) is 0 Å². The highest BCUT2D eigenvalue weighted by molar-refractivity contribution is 5.82. The maximum atomic E-state index is 12.4. The van der Waals surface area contributed by atoms with Crippen LogP contribution in [0.4, 0.5) is 4.79 Å². The molecule has 0 N–H and O–H groups in total. The Kier molecular flexibility index (Phi) is 4.74. The lowest BCUT2D eigenvalue weighted by atomic mass is 9.94. The van der Waals surface area contributed by atoms with Crippen LogP contribution in [0.2, 0.25) is 0 Å². The molecule has 5 nitrogen and oxygen atoms in total. The summed E-state index contributed by atoms with van der Waals surface area (Å²) in [5, 5.41) is 0. The number of ketones is 1. The Balaban J connectivity index is 2.22. The van der Waals surface area contributed by atoms with Gasteiger partial charge in [-0.25, -0.2) is 4.79 Å². The lowest BCUT2D eigenvalue weighted by molar-refractivity contribution is -0.123. The maximum Gasteiger partial charge on any atom is 0.410 e. The molecule has 1 unspecified atom stereocenters. The molecule has 1 saturated heterocycles. The number of benzene rings is 1. The normalized spacial score (nSPS) is 19.0. The van der Waals surface area contributed by atoms with Crippen molar-refractivity contribution < 1.29 is 19.1 Å². The number of carbonyl (C=O) groups is 2. The van der Waals surface area contributed by atoms with Crippen molar-refractivity contribution in [3.05, 3.63) is 29.8 Å². The van der Waals surface area contributed by atoms with E-state index in [0.717, 1.165) is 11.3 Å². The zero-order chi connectivity index (χ0) is 16.3. The number of nitrogens with zero attached hydrogens (tertiary/aromatic N) is 1. The molecule has 0 radical (unpaired) electrons. The monoisotopic (exact) mass is 305 g/mol. The van der Waals surface area contributed by atoms with Gasteiger partial charge < -0.3 is 14.4 Å². The SMILES string of the molecule is COc1ccc(C2CC(=O)CCN2C(=O)OC(C)(C)C)cc1.